The lowest BCUT2D eigenvalue weighted by Crippen LogP contribution is -2.01. The van der Waals surface area contributed by atoms with Gasteiger partial charge in [-0.1, -0.05) is 121 Å². The summed E-state index contributed by atoms with van der Waals surface area (Å²) >= 11 is 5.44. The largest absolute Gasteiger partial charge is 0.455 e. The molecule has 0 radical (unpaired) electrons. The Morgan fingerprint density at radius 1 is 0.750 bits per heavy atom. The van der Waals surface area contributed by atoms with Gasteiger partial charge < -0.3 is 4.74 Å². The first-order valence-corrected chi connectivity index (χ1v) is 12.1. The number of benzene rings is 1. The van der Waals surface area contributed by atoms with Gasteiger partial charge in [0.1, 0.15) is 5.76 Å². The Bertz CT molecular complexity index is 520. The van der Waals surface area contributed by atoms with Crippen LogP contribution < -0.4 is 0 Å². The van der Waals surface area contributed by atoms with E-state index in [4.69, 9.17) is 17.0 Å². The van der Waals surface area contributed by atoms with E-state index in [1.54, 1.807) is 0 Å². The Balaban J connectivity index is 1.98. The molecule has 0 aliphatic carbocycles. The summed E-state index contributed by atoms with van der Waals surface area (Å²) in [4.78, 5) is 0. The quantitative estimate of drug-likeness (QED) is 0.146. The number of ether oxygens (including phenoxy) is 1. The zero-order chi connectivity index (χ0) is 20.3. The van der Waals surface area contributed by atoms with Crippen LogP contribution in [0.5, 0.6) is 0 Å². The van der Waals surface area contributed by atoms with Gasteiger partial charge in [-0.2, -0.15) is 0 Å². The molecule has 0 aliphatic rings. The minimum absolute atomic E-state index is 0.743. The molecule has 0 spiro atoms. The zero-order valence-electron chi connectivity index (χ0n) is 18.4. The van der Waals surface area contributed by atoms with Crippen LogP contribution in [0.15, 0.2) is 36.1 Å². The second-order valence-electron chi connectivity index (χ2n) is 7.84. The highest BCUT2D eigenvalue weighted by atomic mass is 32.1. The first-order chi connectivity index (χ1) is 13.8. The number of hydrogen-bond donors (Lipinski definition) is 0. The van der Waals surface area contributed by atoms with Gasteiger partial charge in [0.2, 0.25) is 0 Å². The number of rotatable bonds is 17. The summed E-state index contributed by atoms with van der Waals surface area (Å²) in [5, 5.41) is 0.743. The van der Waals surface area contributed by atoms with E-state index in [1.807, 2.05) is 18.2 Å². The third-order valence-electron chi connectivity index (χ3n) is 5.21. The molecule has 0 bridgehead atoms. The summed E-state index contributed by atoms with van der Waals surface area (Å²) in [7, 11) is 0. The Morgan fingerprint density at radius 3 is 1.75 bits per heavy atom. The molecule has 2 heteroatoms. The van der Waals surface area contributed by atoms with Gasteiger partial charge in [-0.25, -0.2) is 0 Å². The molecule has 0 saturated heterocycles. The lowest BCUT2D eigenvalue weighted by molar-refractivity contribution is 0.399. The Hall–Kier alpha value is -1.15. The van der Waals surface area contributed by atoms with Crippen molar-refractivity contribution in [2.45, 2.75) is 110 Å². The Kier molecular flexibility index (Phi) is 15.9. The summed E-state index contributed by atoms with van der Waals surface area (Å²) in [5.74, 6) is 0.964. The lowest BCUT2D eigenvalue weighted by atomic mass is 10.0. The van der Waals surface area contributed by atoms with Crippen LogP contribution in [0.1, 0.15) is 116 Å². The van der Waals surface area contributed by atoms with E-state index in [0.717, 1.165) is 30.1 Å². The topological polar surface area (TPSA) is 9.23 Å². The van der Waals surface area contributed by atoms with E-state index in [0.29, 0.717) is 0 Å². The highest BCUT2D eigenvalue weighted by Gasteiger charge is 2.03. The average Bonchev–Trinajstić information content (AvgIpc) is 2.71. The first-order valence-electron chi connectivity index (χ1n) is 11.7. The number of thiocarbonyl (C=S) groups is 1. The van der Waals surface area contributed by atoms with Gasteiger partial charge in [0.05, 0.1) is 0 Å². The molecule has 0 heterocycles. The van der Waals surface area contributed by atoms with Crippen molar-refractivity contribution >= 4 is 23.3 Å². The van der Waals surface area contributed by atoms with Gasteiger partial charge in [0.15, 0.2) is 5.05 Å². The van der Waals surface area contributed by atoms with E-state index < -0.39 is 0 Å². The lowest BCUT2D eigenvalue weighted by Gasteiger charge is -2.10. The molecule has 1 nitrogen and oxygen atoms in total. The molecule has 0 saturated carbocycles. The van der Waals surface area contributed by atoms with Gasteiger partial charge in [-0.15, -0.1) is 0 Å². The summed E-state index contributed by atoms with van der Waals surface area (Å²) < 4.78 is 5.90. The van der Waals surface area contributed by atoms with E-state index in [-0.39, 0.29) is 0 Å². The second kappa shape index (κ2) is 17.9. The van der Waals surface area contributed by atoms with Crippen LogP contribution in [-0.4, -0.2) is 5.05 Å². The van der Waals surface area contributed by atoms with Crippen LogP contribution in [0.3, 0.4) is 0 Å². The van der Waals surface area contributed by atoms with Crippen molar-refractivity contribution in [2.24, 2.45) is 0 Å². The third kappa shape index (κ3) is 13.9. The summed E-state index contributed by atoms with van der Waals surface area (Å²) in [6, 6.07) is 10.3. The van der Waals surface area contributed by atoms with Gasteiger partial charge in [-0.05, 0) is 30.3 Å². The maximum atomic E-state index is 5.90. The average molecular weight is 403 g/mol. The van der Waals surface area contributed by atoms with Crippen molar-refractivity contribution in [2.75, 3.05) is 0 Å². The monoisotopic (exact) mass is 402 g/mol. The number of unbranched alkanes of at least 4 members (excludes halogenated alkanes) is 12. The molecule has 1 aromatic carbocycles. The molecule has 0 aromatic heterocycles. The Labute approximate surface area is 180 Å². The number of hydrogen-bond acceptors (Lipinski definition) is 2. The zero-order valence-corrected chi connectivity index (χ0v) is 19.2. The van der Waals surface area contributed by atoms with E-state index in [2.05, 4.69) is 32.1 Å². The van der Waals surface area contributed by atoms with Crippen LogP contribution in [0.25, 0.3) is 6.08 Å². The van der Waals surface area contributed by atoms with Gasteiger partial charge in [0, 0.05) is 12.8 Å². The first kappa shape index (κ1) is 24.9. The minimum Gasteiger partial charge on any atom is -0.455 e. The maximum absolute atomic E-state index is 5.90. The predicted molar refractivity (Wildman–Crippen MR) is 129 cm³/mol. The highest BCUT2D eigenvalue weighted by molar-refractivity contribution is 7.80. The van der Waals surface area contributed by atoms with Gasteiger partial charge >= 0.3 is 0 Å². The molecule has 1 aromatic rings. The smallest absolute Gasteiger partial charge is 0.166 e. The van der Waals surface area contributed by atoms with E-state index >= 15 is 0 Å². The van der Waals surface area contributed by atoms with Crippen molar-refractivity contribution in [1.29, 1.82) is 0 Å². The number of allylic oxidation sites excluding steroid dienone is 1. The van der Waals surface area contributed by atoms with Crippen molar-refractivity contribution < 1.29 is 4.74 Å². The van der Waals surface area contributed by atoms with Crippen LogP contribution in [0.4, 0.5) is 0 Å². The molecule has 158 valence electrons. The molecule has 28 heavy (non-hydrogen) atoms. The molecular weight excluding hydrogens is 360 g/mol. The molecule has 0 aliphatic heterocycles. The van der Waals surface area contributed by atoms with Crippen molar-refractivity contribution in [1.82, 2.24) is 0 Å². The summed E-state index contributed by atoms with van der Waals surface area (Å²) in [6.45, 7) is 4.40. The molecule has 0 atom stereocenters. The maximum Gasteiger partial charge on any atom is 0.166 e. The molecule has 0 unspecified atom stereocenters. The van der Waals surface area contributed by atoms with Gasteiger partial charge in [0.25, 0.3) is 0 Å². The third-order valence-corrected chi connectivity index (χ3v) is 5.49. The summed E-state index contributed by atoms with van der Waals surface area (Å²) in [6.07, 6.45) is 21.7. The Morgan fingerprint density at radius 2 is 1.25 bits per heavy atom. The standard InChI is InChI=1S/C26H42OS/c1-3-5-6-7-8-9-10-11-12-13-14-15-19-22-26(28)27-25(4-2)23-24-20-17-16-18-21-24/h16-18,20-21,23H,3-15,19,22H2,1-2H3. The summed E-state index contributed by atoms with van der Waals surface area (Å²) in [5.41, 5.74) is 1.17. The fourth-order valence-corrected chi connectivity index (χ4v) is 3.67. The van der Waals surface area contributed by atoms with E-state index in [1.165, 1.54) is 82.6 Å². The molecule has 1 rings (SSSR count). The van der Waals surface area contributed by atoms with Crippen LogP contribution in [-0.2, 0) is 4.74 Å². The van der Waals surface area contributed by atoms with Crippen LogP contribution >= 0.6 is 12.2 Å². The minimum atomic E-state index is 0.743. The molecular formula is C26H42OS. The van der Waals surface area contributed by atoms with Crippen molar-refractivity contribution in [3.05, 3.63) is 41.7 Å². The van der Waals surface area contributed by atoms with Gasteiger partial charge in [-0.3, -0.25) is 0 Å². The van der Waals surface area contributed by atoms with Crippen LogP contribution in [0, 0.1) is 0 Å². The SMILES string of the molecule is CCCCCCCCCCCCCCCC(=S)OC(=Cc1ccccc1)CC. The normalized spacial score (nSPS) is 11.6. The molecule has 0 amide bonds. The van der Waals surface area contributed by atoms with Crippen molar-refractivity contribution in [3.8, 4) is 0 Å². The second-order valence-corrected chi connectivity index (χ2v) is 8.30. The van der Waals surface area contributed by atoms with E-state index in [9.17, 15) is 0 Å². The highest BCUT2D eigenvalue weighted by Crippen LogP contribution is 2.15. The molecule has 0 N–H and O–H groups in total. The fourth-order valence-electron chi connectivity index (χ4n) is 3.42. The van der Waals surface area contributed by atoms with Crippen LogP contribution in [0.2, 0.25) is 0 Å². The molecule has 0 fully saturated rings. The predicted octanol–water partition coefficient (Wildman–Crippen LogP) is 9.26. The van der Waals surface area contributed by atoms with Crippen molar-refractivity contribution in [3.63, 3.8) is 0 Å². The fraction of sp³-hybridized carbons (Fsp3) is 0.654.